The molecule has 2 aromatic rings. The SMILES string of the molecule is CCCCN(CCCCN)C(=O)CN1CC(c2cc(OC)c3c(c2)OCO3)C(C(=O)O)C1CCc1ccccn1. The molecule has 10 heteroatoms. The van der Waals surface area contributed by atoms with Crippen molar-refractivity contribution in [1.29, 1.82) is 0 Å². The Labute approximate surface area is 236 Å². The van der Waals surface area contributed by atoms with Crippen molar-refractivity contribution in [2.24, 2.45) is 11.7 Å². The lowest BCUT2D eigenvalue weighted by Gasteiger charge is -2.29. The highest BCUT2D eigenvalue weighted by Crippen LogP contribution is 2.47. The van der Waals surface area contributed by atoms with Crippen LogP contribution in [0.4, 0.5) is 0 Å². The van der Waals surface area contributed by atoms with Crippen LogP contribution in [0.1, 0.15) is 56.2 Å². The number of hydrogen-bond acceptors (Lipinski definition) is 8. The predicted molar refractivity (Wildman–Crippen MR) is 151 cm³/mol. The molecule has 0 bridgehead atoms. The van der Waals surface area contributed by atoms with E-state index in [1.165, 1.54) is 0 Å². The largest absolute Gasteiger partial charge is 0.493 e. The number of amides is 1. The molecular weight excluding hydrogens is 512 g/mol. The number of aryl methyl sites for hydroxylation is 1. The molecule has 218 valence electrons. The van der Waals surface area contributed by atoms with Gasteiger partial charge in [-0.15, -0.1) is 0 Å². The van der Waals surface area contributed by atoms with Crippen LogP contribution in [0.15, 0.2) is 36.5 Å². The molecule has 1 aromatic carbocycles. The van der Waals surface area contributed by atoms with Crippen molar-refractivity contribution in [3.63, 3.8) is 0 Å². The van der Waals surface area contributed by atoms with Gasteiger partial charge in [0.25, 0.3) is 0 Å². The number of carbonyl (C=O) groups excluding carboxylic acids is 1. The molecule has 1 aromatic heterocycles. The molecule has 0 aliphatic carbocycles. The van der Waals surface area contributed by atoms with E-state index in [0.717, 1.165) is 36.9 Å². The quantitative estimate of drug-likeness (QED) is 0.319. The second-order valence-electron chi connectivity index (χ2n) is 10.5. The number of unbranched alkanes of at least 4 members (excludes halogenated alkanes) is 2. The zero-order chi connectivity index (χ0) is 28.5. The van der Waals surface area contributed by atoms with E-state index in [1.807, 2.05) is 35.2 Å². The highest BCUT2D eigenvalue weighted by atomic mass is 16.7. The lowest BCUT2D eigenvalue weighted by atomic mass is 9.83. The number of aliphatic carboxylic acids is 1. The van der Waals surface area contributed by atoms with Crippen LogP contribution in [-0.4, -0.2) is 84.4 Å². The fourth-order valence-electron chi connectivity index (χ4n) is 5.83. The van der Waals surface area contributed by atoms with E-state index < -0.39 is 11.9 Å². The van der Waals surface area contributed by atoms with Crippen LogP contribution in [0.3, 0.4) is 0 Å². The van der Waals surface area contributed by atoms with Crippen LogP contribution >= 0.6 is 0 Å². The summed E-state index contributed by atoms with van der Waals surface area (Å²) in [5, 5.41) is 10.5. The minimum Gasteiger partial charge on any atom is -0.493 e. The molecule has 40 heavy (non-hydrogen) atoms. The lowest BCUT2D eigenvalue weighted by molar-refractivity contribution is -0.143. The number of nitrogens with zero attached hydrogens (tertiary/aromatic N) is 3. The van der Waals surface area contributed by atoms with E-state index in [9.17, 15) is 14.7 Å². The third-order valence-electron chi connectivity index (χ3n) is 7.92. The standard InChI is InChI=1S/C30H42N4O6/c1-3-4-14-33(15-8-6-12-31)27(35)19-34-18-23(21-16-25(38-2)29-26(17-21)39-20-40-29)28(30(36)37)24(34)11-10-22-9-5-7-13-32-22/h5,7,9,13,16-17,23-24,28H,3-4,6,8,10-12,14-15,18-20,31H2,1-2H3,(H,36,37). The van der Waals surface area contributed by atoms with E-state index >= 15 is 0 Å². The Morgan fingerprint density at radius 1 is 1.20 bits per heavy atom. The molecule has 0 saturated carbocycles. The van der Waals surface area contributed by atoms with Crippen molar-refractivity contribution in [3.8, 4) is 17.2 Å². The number of likely N-dealkylation sites (tertiary alicyclic amines) is 1. The number of benzene rings is 1. The fraction of sp³-hybridized carbons (Fsp3) is 0.567. The number of methoxy groups -OCH3 is 1. The smallest absolute Gasteiger partial charge is 0.308 e. The molecule has 10 nitrogen and oxygen atoms in total. The van der Waals surface area contributed by atoms with Crippen molar-refractivity contribution in [1.82, 2.24) is 14.8 Å². The van der Waals surface area contributed by atoms with Crippen molar-refractivity contribution in [3.05, 3.63) is 47.8 Å². The van der Waals surface area contributed by atoms with Gasteiger partial charge in [-0.1, -0.05) is 19.4 Å². The minimum atomic E-state index is -0.881. The van der Waals surface area contributed by atoms with Gasteiger partial charge in [-0.2, -0.15) is 0 Å². The number of nitrogens with two attached hydrogens (primary N) is 1. The van der Waals surface area contributed by atoms with Gasteiger partial charge >= 0.3 is 5.97 Å². The molecule has 3 unspecified atom stereocenters. The maximum atomic E-state index is 13.6. The molecule has 3 N–H and O–H groups in total. The van der Waals surface area contributed by atoms with Crippen molar-refractivity contribution >= 4 is 11.9 Å². The van der Waals surface area contributed by atoms with Crippen molar-refractivity contribution in [2.75, 3.05) is 46.6 Å². The molecule has 0 radical (unpaired) electrons. The first-order valence-corrected chi connectivity index (χ1v) is 14.3. The van der Waals surface area contributed by atoms with Gasteiger partial charge < -0.3 is 30.0 Å². The first kappa shape index (κ1) is 29.6. The average molecular weight is 555 g/mol. The molecule has 1 fully saturated rings. The Morgan fingerprint density at radius 2 is 2.02 bits per heavy atom. The number of carbonyl (C=O) groups is 2. The Hall–Kier alpha value is -3.37. The average Bonchev–Trinajstić information content (AvgIpc) is 3.58. The summed E-state index contributed by atoms with van der Waals surface area (Å²) in [4.78, 5) is 34.9. The number of aromatic nitrogens is 1. The summed E-state index contributed by atoms with van der Waals surface area (Å²) in [7, 11) is 1.56. The molecule has 3 atom stereocenters. The number of fused-ring (bicyclic) bond motifs is 1. The Balaban J connectivity index is 1.62. The van der Waals surface area contributed by atoms with E-state index in [-0.39, 0.29) is 31.2 Å². The van der Waals surface area contributed by atoms with Gasteiger partial charge in [0.05, 0.1) is 19.6 Å². The number of ether oxygens (including phenoxy) is 3. The summed E-state index contributed by atoms with van der Waals surface area (Å²) in [5.74, 6) is -0.344. The summed E-state index contributed by atoms with van der Waals surface area (Å²) in [6.07, 6.45) is 6.57. The number of rotatable bonds is 15. The van der Waals surface area contributed by atoms with Crippen LogP contribution < -0.4 is 19.9 Å². The number of hydrogen-bond donors (Lipinski definition) is 2. The highest BCUT2D eigenvalue weighted by molar-refractivity contribution is 5.79. The van der Waals surface area contributed by atoms with Gasteiger partial charge in [0.2, 0.25) is 18.4 Å². The molecule has 2 aliphatic rings. The maximum absolute atomic E-state index is 13.6. The number of carboxylic acids is 1. The summed E-state index contributed by atoms with van der Waals surface area (Å²) < 4.78 is 16.7. The second-order valence-corrected chi connectivity index (χ2v) is 10.5. The molecule has 3 heterocycles. The summed E-state index contributed by atoms with van der Waals surface area (Å²) in [6, 6.07) is 9.10. The summed E-state index contributed by atoms with van der Waals surface area (Å²) in [5.41, 5.74) is 7.40. The lowest BCUT2D eigenvalue weighted by Crippen LogP contribution is -2.45. The zero-order valence-corrected chi connectivity index (χ0v) is 23.6. The first-order valence-electron chi connectivity index (χ1n) is 14.3. The van der Waals surface area contributed by atoms with Crippen LogP contribution in [-0.2, 0) is 16.0 Å². The number of pyridine rings is 1. The Bertz CT molecular complexity index is 1130. The monoisotopic (exact) mass is 554 g/mol. The van der Waals surface area contributed by atoms with Crippen LogP contribution in [0.2, 0.25) is 0 Å². The van der Waals surface area contributed by atoms with Gasteiger partial charge in [0.1, 0.15) is 0 Å². The Kier molecular flexibility index (Phi) is 10.6. The van der Waals surface area contributed by atoms with Crippen molar-refractivity contribution < 1.29 is 28.9 Å². The third-order valence-corrected chi connectivity index (χ3v) is 7.92. The predicted octanol–water partition coefficient (Wildman–Crippen LogP) is 3.29. The van der Waals surface area contributed by atoms with E-state index in [2.05, 4.69) is 16.8 Å². The first-order chi connectivity index (χ1) is 19.5. The topological polar surface area (TPSA) is 127 Å². The molecule has 1 saturated heterocycles. The third kappa shape index (κ3) is 7.03. The van der Waals surface area contributed by atoms with Gasteiger partial charge in [0, 0.05) is 43.5 Å². The molecule has 1 amide bonds. The minimum absolute atomic E-state index is 0.0290. The number of carboxylic acid groups (broad SMARTS) is 1. The van der Waals surface area contributed by atoms with Crippen molar-refractivity contribution in [2.45, 2.75) is 57.4 Å². The highest BCUT2D eigenvalue weighted by Gasteiger charge is 2.47. The summed E-state index contributed by atoms with van der Waals surface area (Å²) in [6.45, 7) is 4.75. The van der Waals surface area contributed by atoms with Gasteiger partial charge in [-0.3, -0.25) is 19.5 Å². The molecule has 2 aliphatic heterocycles. The summed E-state index contributed by atoms with van der Waals surface area (Å²) >= 11 is 0. The van der Waals surface area contributed by atoms with Crippen LogP contribution in [0, 0.1) is 5.92 Å². The van der Waals surface area contributed by atoms with Crippen LogP contribution in [0.25, 0.3) is 0 Å². The molecule has 0 spiro atoms. The van der Waals surface area contributed by atoms with E-state index in [4.69, 9.17) is 19.9 Å². The van der Waals surface area contributed by atoms with Crippen LogP contribution in [0.5, 0.6) is 17.2 Å². The van der Waals surface area contributed by atoms with Gasteiger partial charge in [-0.25, -0.2) is 0 Å². The molecule has 4 rings (SSSR count). The second kappa shape index (κ2) is 14.3. The Morgan fingerprint density at radius 3 is 2.73 bits per heavy atom. The zero-order valence-electron chi connectivity index (χ0n) is 23.6. The molecular formula is C30H42N4O6. The van der Waals surface area contributed by atoms with E-state index in [1.54, 1.807) is 13.3 Å². The maximum Gasteiger partial charge on any atom is 0.308 e. The fourth-order valence-corrected chi connectivity index (χ4v) is 5.83. The normalized spacial score (nSPS) is 20.0. The van der Waals surface area contributed by atoms with Gasteiger partial charge in [-0.05, 0) is 68.5 Å². The van der Waals surface area contributed by atoms with Gasteiger partial charge in [0.15, 0.2) is 11.5 Å². The van der Waals surface area contributed by atoms with E-state index in [0.29, 0.717) is 56.3 Å².